The highest BCUT2D eigenvalue weighted by Crippen LogP contribution is 2.23. The molecule has 6 heteroatoms. The highest BCUT2D eigenvalue weighted by molar-refractivity contribution is 6.00. The first-order chi connectivity index (χ1) is 11.9. The number of fused-ring (bicyclic) bond motifs is 1. The lowest BCUT2D eigenvalue weighted by atomic mass is 9.99. The summed E-state index contributed by atoms with van der Waals surface area (Å²) in [4.78, 5) is 35.6. The molecule has 1 aliphatic rings. The fraction of sp³-hybridized carbons (Fsp3) is 0.316. The Morgan fingerprint density at radius 3 is 2.56 bits per heavy atom. The monoisotopic (exact) mass is 340 g/mol. The summed E-state index contributed by atoms with van der Waals surface area (Å²) < 4.78 is 6.97. The Labute approximate surface area is 145 Å². The fourth-order valence-corrected chi connectivity index (χ4v) is 2.91. The average molecular weight is 340 g/mol. The van der Waals surface area contributed by atoms with E-state index in [0.717, 1.165) is 22.6 Å². The van der Waals surface area contributed by atoms with Gasteiger partial charge in [0.1, 0.15) is 6.54 Å². The van der Waals surface area contributed by atoms with Crippen molar-refractivity contribution >= 4 is 23.3 Å². The van der Waals surface area contributed by atoms with Crippen LogP contribution in [0.2, 0.25) is 0 Å². The molecule has 0 fully saturated rings. The average Bonchev–Trinajstić information content (AvgIpc) is 2.91. The molecule has 130 valence electrons. The molecular weight excluding hydrogens is 320 g/mol. The number of amides is 1. The van der Waals surface area contributed by atoms with Crippen LogP contribution >= 0.6 is 0 Å². The summed E-state index contributed by atoms with van der Waals surface area (Å²) in [6.07, 6.45) is 1.02. The molecule has 1 aromatic heterocycles. The van der Waals surface area contributed by atoms with E-state index in [0.29, 0.717) is 18.4 Å². The predicted molar refractivity (Wildman–Crippen MR) is 92.6 cm³/mol. The zero-order valence-electron chi connectivity index (χ0n) is 14.3. The first-order valence-corrected chi connectivity index (χ1v) is 8.18. The summed E-state index contributed by atoms with van der Waals surface area (Å²) in [7, 11) is 0. The van der Waals surface area contributed by atoms with Crippen LogP contribution in [0.3, 0.4) is 0 Å². The molecule has 0 spiro atoms. The van der Waals surface area contributed by atoms with Crippen LogP contribution in [0.15, 0.2) is 30.3 Å². The first-order valence-electron chi connectivity index (χ1n) is 8.18. The van der Waals surface area contributed by atoms with Crippen LogP contribution in [0.4, 0.5) is 5.69 Å². The summed E-state index contributed by atoms with van der Waals surface area (Å²) in [6, 6.07) is 8.97. The minimum absolute atomic E-state index is 0.0175. The molecule has 0 unspecified atom stereocenters. The molecule has 0 aliphatic carbocycles. The van der Waals surface area contributed by atoms with Crippen molar-refractivity contribution in [1.29, 1.82) is 0 Å². The van der Waals surface area contributed by atoms with Crippen molar-refractivity contribution < 1.29 is 19.1 Å². The summed E-state index contributed by atoms with van der Waals surface area (Å²) >= 11 is 0. The van der Waals surface area contributed by atoms with E-state index in [1.54, 1.807) is 18.2 Å². The van der Waals surface area contributed by atoms with Crippen molar-refractivity contribution in [1.82, 2.24) is 4.57 Å². The highest BCUT2D eigenvalue weighted by Gasteiger charge is 2.17. The number of Topliss-reactive ketones (excluding diaryl/α,β-unsaturated/α-hetero) is 1. The van der Waals surface area contributed by atoms with Gasteiger partial charge in [-0.3, -0.25) is 14.4 Å². The SMILES string of the molecule is Cc1ccc(C)n1CC(=O)OCC(=O)c1ccc2c(c1)CCC(=O)N2. The van der Waals surface area contributed by atoms with Crippen molar-refractivity contribution in [2.45, 2.75) is 33.2 Å². The van der Waals surface area contributed by atoms with Gasteiger partial charge in [-0.1, -0.05) is 0 Å². The smallest absolute Gasteiger partial charge is 0.326 e. The standard InChI is InChI=1S/C19H20N2O4/c1-12-3-4-13(2)21(12)10-19(24)25-11-17(22)15-5-7-16-14(9-15)6-8-18(23)20-16/h3-5,7,9H,6,8,10-11H2,1-2H3,(H,20,23). The number of aromatic nitrogens is 1. The lowest BCUT2D eigenvalue weighted by Gasteiger charge is -2.17. The summed E-state index contributed by atoms with van der Waals surface area (Å²) in [5, 5.41) is 2.77. The Balaban J connectivity index is 1.59. The molecule has 0 saturated carbocycles. The van der Waals surface area contributed by atoms with E-state index in [9.17, 15) is 14.4 Å². The lowest BCUT2D eigenvalue weighted by Crippen LogP contribution is -2.21. The third kappa shape index (κ3) is 3.79. The van der Waals surface area contributed by atoms with Gasteiger partial charge in [0, 0.05) is 29.1 Å². The second-order valence-electron chi connectivity index (χ2n) is 6.21. The summed E-state index contributed by atoms with van der Waals surface area (Å²) in [5.74, 6) is -0.717. The Kier molecular flexibility index (Phi) is 4.70. The largest absolute Gasteiger partial charge is 0.456 e. The third-order valence-electron chi connectivity index (χ3n) is 4.39. The van der Waals surface area contributed by atoms with Crippen molar-refractivity contribution in [3.8, 4) is 0 Å². The van der Waals surface area contributed by atoms with Gasteiger partial charge >= 0.3 is 5.97 Å². The molecule has 1 amide bonds. The van der Waals surface area contributed by atoms with Gasteiger partial charge in [0.05, 0.1) is 0 Å². The highest BCUT2D eigenvalue weighted by atomic mass is 16.5. The number of carbonyl (C=O) groups is 3. The molecule has 0 bridgehead atoms. The molecule has 3 rings (SSSR count). The van der Waals surface area contributed by atoms with E-state index in [1.165, 1.54) is 0 Å². The number of nitrogens with one attached hydrogen (secondary N) is 1. The number of ether oxygens (including phenoxy) is 1. The number of carbonyl (C=O) groups excluding carboxylic acids is 3. The van der Waals surface area contributed by atoms with E-state index in [4.69, 9.17) is 4.74 Å². The molecule has 2 heterocycles. The van der Waals surface area contributed by atoms with E-state index >= 15 is 0 Å². The van der Waals surface area contributed by atoms with Crippen LogP contribution in [0.25, 0.3) is 0 Å². The van der Waals surface area contributed by atoms with Gasteiger partial charge in [0.25, 0.3) is 0 Å². The third-order valence-corrected chi connectivity index (χ3v) is 4.39. The van der Waals surface area contributed by atoms with Crippen LogP contribution in [0.1, 0.15) is 33.7 Å². The number of hydrogen-bond acceptors (Lipinski definition) is 4. The van der Waals surface area contributed by atoms with Crippen molar-refractivity contribution in [3.63, 3.8) is 0 Å². The number of esters is 1. The number of hydrogen-bond donors (Lipinski definition) is 1. The van der Waals surface area contributed by atoms with Crippen molar-refractivity contribution in [2.24, 2.45) is 0 Å². The topological polar surface area (TPSA) is 77.4 Å². The molecule has 0 saturated heterocycles. The maximum absolute atomic E-state index is 12.3. The van der Waals surface area contributed by atoms with E-state index < -0.39 is 5.97 Å². The normalized spacial score (nSPS) is 13.1. The van der Waals surface area contributed by atoms with E-state index in [1.807, 2.05) is 30.5 Å². The zero-order valence-corrected chi connectivity index (χ0v) is 14.3. The molecule has 1 aliphatic heterocycles. The molecule has 1 aromatic carbocycles. The molecule has 1 N–H and O–H groups in total. The van der Waals surface area contributed by atoms with Crippen LogP contribution in [-0.2, 0) is 27.3 Å². The Bertz CT molecular complexity index is 832. The fourth-order valence-electron chi connectivity index (χ4n) is 2.91. The number of nitrogens with zero attached hydrogens (tertiary/aromatic N) is 1. The van der Waals surface area contributed by atoms with Crippen LogP contribution in [0.5, 0.6) is 0 Å². The van der Waals surface area contributed by atoms with E-state index in [2.05, 4.69) is 5.32 Å². The maximum Gasteiger partial charge on any atom is 0.326 e. The molecule has 0 atom stereocenters. The van der Waals surface area contributed by atoms with Crippen LogP contribution in [0, 0.1) is 13.8 Å². The number of anilines is 1. The second-order valence-corrected chi connectivity index (χ2v) is 6.21. The Morgan fingerprint density at radius 2 is 1.84 bits per heavy atom. The van der Waals surface area contributed by atoms with Gasteiger partial charge in [-0.2, -0.15) is 0 Å². The number of aryl methyl sites for hydroxylation is 3. The minimum atomic E-state index is -0.444. The Morgan fingerprint density at radius 1 is 1.12 bits per heavy atom. The zero-order chi connectivity index (χ0) is 18.0. The maximum atomic E-state index is 12.3. The quantitative estimate of drug-likeness (QED) is 0.670. The number of rotatable bonds is 5. The lowest BCUT2D eigenvalue weighted by molar-refractivity contribution is -0.143. The Hall–Kier alpha value is -2.89. The molecule has 2 aromatic rings. The predicted octanol–water partition coefficient (Wildman–Crippen LogP) is 2.42. The van der Waals surface area contributed by atoms with E-state index in [-0.39, 0.29) is 24.8 Å². The van der Waals surface area contributed by atoms with Gasteiger partial charge in [-0.05, 0) is 56.2 Å². The first kappa shape index (κ1) is 17.0. The second kappa shape index (κ2) is 6.93. The van der Waals surface area contributed by atoms with Gasteiger partial charge in [0.15, 0.2) is 12.4 Å². The molecule has 25 heavy (non-hydrogen) atoms. The number of benzene rings is 1. The number of ketones is 1. The molecule has 6 nitrogen and oxygen atoms in total. The summed E-state index contributed by atoms with van der Waals surface area (Å²) in [6.45, 7) is 3.63. The molecule has 0 radical (unpaired) electrons. The minimum Gasteiger partial charge on any atom is -0.456 e. The van der Waals surface area contributed by atoms with Crippen molar-refractivity contribution in [2.75, 3.05) is 11.9 Å². The van der Waals surface area contributed by atoms with Crippen LogP contribution in [-0.4, -0.2) is 28.8 Å². The van der Waals surface area contributed by atoms with Gasteiger partial charge < -0.3 is 14.6 Å². The van der Waals surface area contributed by atoms with Crippen molar-refractivity contribution in [3.05, 3.63) is 52.8 Å². The summed E-state index contributed by atoms with van der Waals surface area (Å²) in [5.41, 5.74) is 4.09. The molecular formula is C19H20N2O4. The van der Waals surface area contributed by atoms with Gasteiger partial charge in [-0.15, -0.1) is 0 Å². The van der Waals surface area contributed by atoms with Crippen LogP contribution < -0.4 is 5.32 Å². The van der Waals surface area contributed by atoms with Gasteiger partial charge in [-0.25, -0.2) is 0 Å². The van der Waals surface area contributed by atoms with Gasteiger partial charge in [0.2, 0.25) is 5.91 Å².